The molecule has 1 aromatic rings. The summed E-state index contributed by atoms with van der Waals surface area (Å²) < 4.78 is 7.12. The molecule has 1 saturated carbocycles. The van der Waals surface area contributed by atoms with Crippen LogP contribution in [0.1, 0.15) is 49.7 Å². The predicted octanol–water partition coefficient (Wildman–Crippen LogP) is 0.663. The maximum Gasteiger partial charge on any atom is 0.223 e. The maximum absolute atomic E-state index is 12.4. The number of hydrogen-bond donors (Lipinski definition) is 2. The average molecular weight is 322 g/mol. The summed E-state index contributed by atoms with van der Waals surface area (Å²) >= 11 is 0. The lowest BCUT2D eigenvalue weighted by Crippen LogP contribution is -2.49. The van der Waals surface area contributed by atoms with Gasteiger partial charge in [-0.3, -0.25) is 9.48 Å². The van der Waals surface area contributed by atoms with Gasteiger partial charge in [-0.25, -0.2) is 4.98 Å². The van der Waals surface area contributed by atoms with Gasteiger partial charge in [0.2, 0.25) is 5.91 Å². The third-order valence-corrected chi connectivity index (χ3v) is 5.00. The summed E-state index contributed by atoms with van der Waals surface area (Å²) in [5, 5.41) is 17.6. The van der Waals surface area contributed by atoms with E-state index in [9.17, 15) is 9.90 Å². The highest BCUT2D eigenvalue weighted by Gasteiger charge is 2.34. The molecular formula is C16H26N4O3. The number of hydrogen-bond acceptors (Lipinski definition) is 5. The van der Waals surface area contributed by atoms with E-state index in [0.29, 0.717) is 26.1 Å². The normalized spacial score (nSPS) is 29.4. The second-order valence-corrected chi connectivity index (χ2v) is 6.72. The highest BCUT2D eigenvalue weighted by Crippen LogP contribution is 2.32. The van der Waals surface area contributed by atoms with Gasteiger partial charge in [0.05, 0.1) is 12.1 Å². The van der Waals surface area contributed by atoms with E-state index in [4.69, 9.17) is 4.74 Å². The lowest BCUT2D eigenvalue weighted by Gasteiger charge is -2.34. The molecule has 1 aromatic heterocycles. The molecule has 7 nitrogen and oxygen atoms in total. The summed E-state index contributed by atoms with van der Waals surface area (Å²) in [5.41, 5.74) is 0. The third-order valence-electron chi connectivity index (χ3n) is 5.00. The number of aliphatic hydroxyl groups is 1. The van der Waals surface area contributed by atoms with Gasteiger partial charge in [0.1, 0.15) is 11.6 Å². The van der Waals surface area contributed by atoms with E-state index in [1.54, 1.807) is 0 Å². The van der Waals surface area contributed by atoms with Gasteiger partial charge in [0.25, 0.3) is 0 Å². The molecule has 0 spiro atoms. The summed E-state index contributed by atoms with van der Waals surface area (Å²) in [6.07, 6.45) is 3.30. The number of rotatable bonds is 3. The van der Waals surface area contributed by atoms with Crippen LogP contribution in [0.4, 0.5) is 0 Å². The average Bonchev–Trinajstić information content (AvgIpc) is 2.89. The van der Waals surface area contributed by atoms with Gasteiger partial charge in [-0.05, 0) is 39.0 Å². The van der Waals surface area contributed by atoms with Gasteiger partial charge in [-0.15, -0.1) is 0 Å². The Kier molecular flexibility index (Phi) is 4.96. The van der Waals surface area contributed by atoms with Crippen molar-refractivity contribution in [3.8, 4) is 0 Å². The molecular weight excluding hydrogens is 296 g/mol. The van der Waals surface area contributed by atoms with Crippen LogP contribution in [-0.2, 0) is 16.6 Å². The van der Waals surface area contributed by atoms with Crippen LogP contribution in [0.2, 0.25) is 0 Å². The number of amides is 1. The zero-order chi connectivity index (χ0) is 16.4. The van der Waals surface area contributed by atoms with Crippen molar-refractivity contribution in [2.75, 3.05) is 13.2 Å². The van der Waals surface area contributed by atoms with Gasteiger partial charge in [0, 0.05) is 32.1 Å². The van der Waals surface area contributed by atoms with Crippen LogP contribution in [0.25, 0.3) is 0 Å². The topological polar surface area (TPSA) is 89.3 Å². The van der Waals surface area contributed by atoms with E-state index < -0.39 is 6.10 Å². The van der Waals surface area contributed by atoms with Crippen molar-refractivity contribution >= 4 is 5.91 Å². The Morgan fingerprint density at radius 3 is 2.70 bits per heavy atom. The quantitative estimate of drug-likeness (QED) is 0.853. The summed E-state index contributed by atoms with van der Waals surface area (Å²) in [4.78, 5) is 16.9. The zero-order valence-corrected chi connectivity index (χ0v) is 13.9. The maximum atomic E-state index is 12.4. The van der Waals surface area contributed by atoms with E-state index in [2.05, 4.69) is 15.4 Å². The zero-order valence-electron chi connectivity index (χ0n) is 13.9. The fraction of sp³-hybridized carbons (Fsp3) is 0.812. The smallest absolute Gasteiger partial charge is 0.223 e. The predicted molar refractivity (Wildman–Crippen MR) is 83.8 cm³/mol. The van der Waals surface area contributed by atoms with Crippen molar-refractivity contribution in [1.29, 1.82) is 0 Å². The number of carbonyl (C=O) groups is 1. The van der Waals surface area contributed by atoms with E-state index in [1.807, 2.05) is 18.7 Å². The Morgan fingerprint density at radius 2 is 2.04 bits per heavy atom. The molecule has 0 aromatic carbocycles. The number of nitrogens with zero attached hydrogens (tertiary/aromatic N) is 3. The van der Waals surface area contributed by atoms with Gasteiger partial charge in [-0.2, -0.15) is 5.10 Å². The number of aromatic nitrogens is 3. The largest absolute Gasteiger partial charge is 0.391 e. The summed E-state index contributed by atoms with van der Waals surface area (Å²) in [7, 11) is 1.90. The Morgan fingerprint density at radius 1 is 1.30 bits per heavy atom. The number of aliphatic hydroxyl groups excluding tert-OH is 1. The fourth-order valence-electron chi connectivity index (χ4n) is 3.69. The SMILES string of the molecule is Cc1nc([C@H]2CC[C@@H](O)[C@H](NC(=O)C3CCOCC3)C2)n(C)n1. The highest BCUT2D eigenvalue weighted by molar-refractivity contribution is 5.79. The lowest BCUT2D eigenvalue weighted by molar-refractivity contribution is -0.129. The van der Waals surface area contributed by atoms with E-state index in [1.165, 1.54) is 0 Å². The van der Waals surface area contributed by atoms with Gasteiger partial charge < -0.3 is 15.2 Å². The first kappa shape index (κ1) is 16.4. The Balaban J connectivity index is 1.64. The molecule has 128 valence electrons. The molecule has 3 atom stereocenters. The van der Waals surface area contributed by atoms with Crippen LogP contribution in [0.3, 0.4) is 0 Å². The number of ether oxygens (including phenoxy) is 1. The molecule has 1 aliphatic heterocycles. The molecule has 2 heterocycles. The second kappa shape index (κ2) is 6.97. The van der Waals surface area contributed by atoms with Crippen LogP contribution in [0.15, 0.2) is 0 Å². The molecule has 3 rings (SSSR count). The van der Waals surface area contributed by atoms with Crippen LogP contribution < -0.4 is 5.32 Å². The number of aryl methyl sites for hydroxylation is 2. The van der Waals surface area contributed by atoms with Crippen molar-refractivity contribution in [1.82, 2.24) is 20.1 Å². The van der Waals surface area contributed by atoms with Crippen LogP contribution in [0.5, 0.6) is 0 Å². The Bertz CT molecular complexity index is 554. The van der Waals surface area contributed by atoms with Crippen LogP contribution >= 0.6 is 0 Å². The van der Waals surface area contributed by atoms with Gasteiger partial charge >= 0.3 is 0 Å². The Hall–Kier alpha value is -1.47. The molecule has 2 fully saturated rings. The van der Waals surface area contributed by atoms with Crippen molar-refractivity contribution < 1.29 is 14.6 Å². The minimum absolute atomic E-state index is 0.00778. The first-order valence-corrected chi connectivity index (χ1v) is 8.48. The second-order valence-electron chi connectivity index (χ2n) is 6.72. The monoisotopic (exact) mass is 322 g/mol. The third kappa shape index (κ3) is 3.72. The fourth-order valence-corrected chi connectivity index (χ4v) is 3.69. The number of carbonyl (C=O) groups excluding carboxylic acids is 1. The molecule has 2 aliphatic rings. The summed E-state index contributed by atoms with van der Waals surface area (Å²) in [5.74, 6) is 1.99. The van der Waals surface area contributed by atoms with Gasteiger partial charge in [-0.1, -0.05) is 0 Å². The molecule has 2 N–H and O–H groups in total. The van der Waals surface area contributed by atoms with E-state index >= 15 is 0 Å². The summed E-state index contributed by atoms with van der Waals surface area (Å²) in [6.45, 7) is 3.17. The molecule has 0 bridgehead atoms. The first-order chi connectivity index (χ1) is 11.0. The van der Waals surface area contributed by atoms with E-state index in [-0.39, 0.29) is 23.8 Å². The van der Waals surface area contributed by atoms with Crippen LogP contribution in [0, 0.1) is 12.8 Å². The van der Waals surface area contributed by atoms with Crippen molar-refractivity contribution in [2.45, 2.75) is 57.1 Å². The molecule has 0 radical (unpaired) electrons. The van der Waals surface area contributed by atoms with Gasteiger partial charge in [0.15, 0.2) is 0 Å². The first-order valence-electron chi connectivity index (χ1n) is 8.48. The molecule has 1 saturated heterocycles. The molecule has 7 heteroatoms. The standard InChI is InChI=1S/C16H26N4O3/c1-10-17-15(20(2)19-10)12-3-4-14(21)13(9-12)18-16(22)11-5-7-23-8-6-11/h11-14,21H,3-9H2,1-2H3,(H,18,22)/t12-,13+,14+/m0/s1. The number of nitrogens with one attached hydrogen (secondary N) is 1. The summed E-state index contributed by atoms with van der Waals surface area (Å²) in [6, 6.07) is -0.207. The molecule has 23 heavy (non-hydrogen) atoms. The molecule has 1 aliphatic carbocycles. The van der Waals surface area contributed by atoms with Crippen molar-refractivity contribution in [3.63, 3.8) is 0 Å². The Labute approximate surface area is 136 Å². The van der Waals surface area contributed by atoms with E-state index in [0.717, 1.165) is 30.9 Å². The molecule has 0 unspecified atom stereocenters. The van der Waals surface area contributed by atoms with Crippen LogP contribution in [-0.4, -0.2) is 51.1 Å². The van der Waals surface area contributed by atoms with Crippen molar-refractivity contribution in [2.24, 2.45) is 13.0 Å². The minimum atomic E-state index is -0.482. The lowest BCUT2D eigenvalue weighted by atomic mass is 9.82. The molecule has 1 amide bonds. The van der Waals surface area contributed by atoms with Crippen molar-refractivity contribution in [3.05, 3.63) is 11.6 Å². The minimum Gasteiger partial charge on any atom is -0.391 e. The highest BCUT2D eigenvalue weighted by atomic mass is 16.5.